The van der Waals surface area contributed by atoms with E-state index in [1.54, 1.807) is 18.2 Å². The van der Waals surface area contributed by atoms with Crippen LogP contribution in [0.3, 0.4) is 0 Å². The molecular weight excluding hydrogens is 432 g/mol. The van der Waals surface area contributed by atoms with Crippen molar-refractivity contribution in [2.75, 3.05) is 10.0 Å². The van der Waals surface area contributed by atoms with Gasteiger partial charge in [-0.05, 0) is 58.9 Å². The molecule has 1 atom stereocenters. The minimum atomic E-state index is -3.82. The first-order valence-electron chi connectivity index (χ1n) is 11.3. The van der Waals surface area contributed by atoms with Crippen LogP contribution in [-0.2, 0) is 10.0 Å². The molecule has 6 heteroatoms. The minimum Gasteiger partial charge on any atom is -0.377 e. The normalized spacial score (nSPS) is 15.9. The summed E-state index contributed by atoms with van der Waals surface area (Å²) in [7, 11) is -3.82. The molecule has 0 aromatic heterocycles. The molecule has 1 heterocycles. The van der Waals surface area contributed by atoms with Crippen LogP contribution in [-0.4, -0.2) is 14.2 Å². The predicted molar refractivity (Wildman–Crippen MR) is 134 cm³/mol. The predicted octanol–water partition coefficient (Wildman–Crippen LogP) is 6.47. The number of benzene rings is 3. The summed E-state index contributed by atoms with van der Waals surface area (Å²) in [5.74, 6) is 0.622. The second kappa shape index (κ2) is 9.02. The van der Waals surface area contributed by atoms with E-state index in [1.807, 2.05) is 30.3 Å². The van der Waals surface area contributed by atoms with Gasteiger partial charge in [-0.25, -0.2) is 8.42 Å². The molecule has 0 radical (unpaired) electrons. The standard InChI is InChI=1S/C27H30N2O3S/c1-17(2)19-7-5-9-21(13-19)26-16-27(30)24-15-23(11-12-25(24)28-26)33(31,32)29-22-10-6-8-20(14-22)18(3)4/h5-15,17-18,26,28-29H,16H2,1-4H3. The van der Waals surface area contributed by atoms with Crippen molar-refractivity contribution in [3.63, 3.8) is 0 Å². The summed E-state index contributed by atoms with van der Waals surface area (Å²) in [4.78, 5) is 13.1. The van der Waals surface area contributed by atoms with Gasteiger partial charge >= 0.3 is 0 Å². The van der Waals surface area contributed by atoms with E-state index in [2.05, 4.69) is 49.9 Å². The Morgan fingerprint density at radius 3 is 2.24 bits per heavy atom. The van der Waals surface area contributed by atoms with Crippen LogP contribution in [0.5, 0.6) is 0 Å². The topological polar surface area (TPSA) is 75.3 Å². The third-order valence-corrected chi connectivity index (χ3v) is 7.49. The SMILES string of the molecule is CC(C)c1cccc(NS(=O)(=O)c2ccc3c(c2)C(=O)CC(c2cccc(C(C)C)c2)N3)c1. The number of rotatable bonds is 6. The summed E-state index contributed by atoms with van der Waals surface area (Å²) in [5.41, 5.74) is 4.91. The number of carbonyl (C=O) groups excluding carboxylic acids is 1. The van der Waals surface area contributed by atoms with Crippen LogP contribution < -0.4 is 10.0 Å². The lowest BCUT2D eigenvalue weighted by atomic mass is 9.90. The Morgan fingerprint density at radius 1 is 0.879 bits per heavy atom. The van der Waals surface area contributed by atoms with Crippen LogP contribution >= 0.6 is 0 Å². The van der Waals surface area contributed by atoms with Crippen molar-refractivity contribution in [1.29, 1.82) is 0 Å². The molecule has 3 aromatic rings. The Labute approximate surface area is 196 Å². The molecule has 0 saturated heterocycles. The molecule has 4 rings (SSSR count). The number of carbonyl (C=O) groups is 1. The number of ketones is 1. The lowest BCUT2D eigenvalue weighted by Gasteiger charge is -2.27. The van der Waals surface area contributed by atoms with Gasteiger partial charge in [-0.2, -0.15) is 0 Å². The lowest BCUT2D eigenvalue weighted by molar-refractivity contribution is 0.0972. The Bertz CT molecular complexity index is 1300. The number of nitrogens with one attached hydrogen (secondary N) is 2. The van der Waals surface area contributed by atoms with E-state index in [-0.39, 0.29) is 29.1 Å². The summed E-state index contributed by atoms with van der Waals surface area (Å²) in [6.45, 7) is 8.40. The first kappa shape index (κ1) is 23.1. The molecule has 1 aliphatic heterocycles. The average Bonchev–Trinajstić information content (AvgIpc) is 2.78. The first-order valence-corrected chi connectivity index (χ1v) is 12.8. The zero-order chi connectivity index (χ0) is 23.8. The van der Waals surface area contributed by atoms with Crippen LogP contribution in [0.2, 0.25) is 0 Å². The summed E-state index contributed by atoms with van der Waals surface area (Å²) < 4.78 is 28.7. The molecule has 0 fully saturated rings. The fraction of sp³-hybridized carbons (Fsp3) is 0.296. The van der Waals surface area contributed by atoms with Gasteiger partial charge in [0.2, 0.25) is 0 Å². The average molecular weight is 463 g/mol. The van der Waals surface area contributed by atoms with Crippen LogP contribution in [0.25, 0.3) is 0 Å². The highest BCUT2D eigenvalue weighted by atomic mass is 32.2. The van der Waals surface area contributed by atoms with Crippen molar-refractivity contribution < 1.29 is 13.2 Å². The van der Waals surface area contributed by atoms with Crippen molar-refractivity contribution in [2.24, 2.45) is 0 Å². The van der Waals surface area contributed by atoms with E-state index in [9.17, 15) is 13.2 Å². The van der Waals surface area contributed by atoms with E-state index < -0.39 is 10.0 Å². The minimum absolute atomic E-state index is 0.0671. The van der Waals surface area contributed by atoms with Crippen molar-refractivity contribution in [2.45, 2.75) is 56.9 Å². The molecule has 2 N–H and O–H groups in total. The molecule has 0 amide bonds. The monoisotopic (exact) mass is 462 g/mol. The number of anilines is 2. The Hall–Kier alpha value is -3.12. The van der Waals surface area contributed by atoms with Crippen molar-refractivity contribution in [1.82, 2.24) is 0 Å². The zero-order valence-corrected chi connectivity index (χ0v) is 20.2. The maximum absolute atomic E-state index is 13.0. The van der Waals surface area contributed by atoms with Crippen molar-refractivity contribution in [3.05, 3.63) is 89.0 Å². The second-order valence-corrected chi connectivity index (χ2v) is 10.9. The zero-order valence-electron chi connectivity index (χ0n) is 19.4. The molecular formula is C27H30N2O3S. The fourth-order valence-corrected chi connectivity index (χ4v) is 5.17. The highest BCUT2D eigenvalue weighted by molar-refractivity contribution is 7.92. The van der Waals surface area contributed by atoms with E-state index in [0.29, 0.717) is 22.9 Å². The third kappa shape index (κ3) is 4.96. The molecule has 1 aliphatic rings. The van der Waals surface area contributed by atoms with Gasteiger partial charge in [0.25, 0.3) is 10.0 Å². The van der Waals surface area contributed by atoms with Gasteiger partial charge < -0.3 is 5.32 Å². The molecule has 1 unspecified atom stereocenters. The summed E-state index contributed by atoms with van der Waals surface area (Å²) in [6.07, 6.45) is 0.280. The molecule has 0 bridgehead atoms. The highest BCUT2D eigenvalue weighted by Crippen LogP contribution is 2.35. The molecule has 0 spiro atoms. The number of hydrogen-bond acceptors (Lipinski definition) is 4. The Balaban J connectivity index is 1.59. The van der Waals surface area contributed by atoms with Crippen molar-refractivity contribution in [3.8, 4) is 0 Å². The maximum atomic E-state index is 13.0. The molecule has 33 heavy (non-hydrogen) atoms. The second-order valence-electron chi connectivity index (χ2n) is 9.24. The molecule has 0 aliphatic carbocycles. The van der Waals surface area contributed by atoms with Crippen LogP contribution in [0, 0.1) is 0 Å². The van der Waals surface area contributed by atoms with Gasteiger partial charge in [-0.15, -0.1) is 0 Å². The van der Waals surface area contributed by atoms with Crippen LogP contribution in [0.1, 0.15) is 79.0 Å². The quantitative estimate of drug-likeness (QED) is 0.440. The summed E-state index contributed by atoms with van der Waals surface area (Å²) in [6, 6.07) is 20.2. The third-order valence-electron chi connectivity index (χ3n) is 6.11. The van der Waals surface area contributed by atoms with Gasteiger partial charge in [0.1, 0.15) is 0 Å². The van der Waals surface area contributed by atoms with Gasteiger partial charge in [0.05, 0.1) is 10.9 Å². The van der Waals surface area contributed by atoms with Gasteiger partial charge in [-0.1, -0.05) is 64.1 Å². The number of sulfonamides is 1. The molecule has 5 nitrogen and oxygen atoms in total. The van der Waals surface area contributed by atoms with E-state index in [1.165, 1.54) is 11.6 Å². The van der Waals surface area contributed by atoms with E-state index in [4.69, 9.17) is 0 Å². The number of Topliss-reactive ketones (excluding diaryl/α,β-unsaturated/α-hetero) is 1. The Morgan fingerprint density at radius 2 is 1.55 bits per heavy atom. The lowest BCUT2D eigenvalue weighted by Crippen LogP contribution is -2.24. The molecule has 172 valence electrons. The summed E-state index contributed by atoms with van der Waals surface area (Å²) in [5, 5.41) is 3.42. The smallest absolute Gasteiger partial charge is 0.261 e. The highest BCUT2D eigenvalue weighted by Gasteiger charge is 2.28. The largest absolute Gasteiger partial charge is 0.377 e. The van der Waals surface area contributed by atoms with Gasteiger partial charge in [0.15, 0.2) is 5.78 Å². The van der Waals surface area contributed by atoms with Gasteiger partial charge in [0, 0.05) is 23.4 Å². The van der Waals surface area contributed by atoms with E-state index in [0.717, 1.165) is 11.1 Å². The van der Waals surface area contributed by atoms with Crippen LogP contribution in [0.15, 0.2) is 71.6 Å². The number of hydrogen-bond donors (Lipinski definition) is 2. The maximum Gasteiger partial charge on any atom is 0.261 e. The fourth-order valence-electron chi connectivity index (χ4n) is 4.09. The van der Waals surface area contributed by atoms with Gasteiger partial charge in [-0.3, -0.25) is 9.52 Å². The number of fused-ring (bicyclic) bond motifs is 1. The van der Waals surface area contributed by atoms with Crippen molar-refractivity contribution >= 4 is 27.2 Å². The van der Waals surface area contributed by atoms with E-state index >= 15 is 0 Å². The first-order chi connectivity index (χ1) is 15.6. The summed E-state index contributed by atoms with van der Waals surface area (Å²) >= 11 is 0. The Kier molecular flexibility index (Phi) is 6.30. The molecule has 3 aromatic carbocycles. The van der Waals surface area contributed by atoms with Crippen LogP contribution in [0.4, 0.5) is 11.4 Å². The molecule has 0 saturated carbocycles.